The van der Waals surface area contributed by atoms with Gasteiger partial charge < -0.3 is 19.6 Å². The van der Waals surface area contributed by atoms with E-state index in [0.29, 0.717) is 32.4 Å². The summed E-state index contributed by atoms with van der Waals surface area (Å²) in [5.41, 5.74) is 3.28. The molecule has 0 saturated carbocycles. The number of aliphatic hydroxyl groups is 1. The van der Waals surface area contributed by atoms with E-state index >= 15 is 0 Å². The fraction of sp³-hybridized carbons (Fsp3) is 0.483. The number of hydrogen-bond donors (Lipinski definition) is 1. The molecular formula is C29H37NO4. The van der Waals surface area contributed by atoms with Crippen LogP contribution in [0.4, 0.5) is 0 Å². The van der Waals surface area contributed by atoms with Crippen molar-refractivity contribution in [1.82, 2.24) is 4.90 Å². The zero-order valence-electron chi connectivity index (χ0n) is 20.4. The summed E-state index contributed by atoms with van der Waals surface area (Å²) in [6, 6.07) is 18.1. The van der Waals surface area contributed by atoms with Crippen molar-refractivity contribution >= 4 is 17.5 Å². The van der Waals surface area contributed by atoms with Crippen molar-refractivity contribution in [3.63, 3.8) is 0 Å². The van der Waals surface area contributed by atoms with E-state index in [1.807, 2.05) is 53.4 Å². The Balaban J connectivity index is 1.70. The highest BCUT2D eigenvalue weighted by Crippen LogP contribution is 2.30. The van der Waals surface area contributed by atoms with Crippen LogP contribution in [0.3, 0.4) is 0 Å². The molecule has 1 N–H and O–H groups in total. The zero-order chi connectivity index (χ0) is 24.5. The number of benzene rings is 2. The van der Waals surface area contributed by atoms with E-state index in [0.717, 1.165) is 36.0 Å². The summed E-state index contributed by atoms with van der Waals surface area (Å²) >= 11 is 0. The lowest BCUT2D eigenvalue weighted by atomic mass is 9.79. The standard InChI is InChI=1S/C29H37NO4/c1-21(31)9-6-12-23-13-7-14-25(18-23)19-26(17-22(2)32)28(33)27-15-8-16-30(29(27)34)20-24-10-4-3-5-11-24/h3-5,7,10-11,13-14,18,26-28,33H,6,8-9,12,15-17,19-20H2,1-2H3/t26-,27-,28-/m0/s1. The monoisotopic (exact) mass is 463 g/mol. The van der Waals surface area contributed by atoms with Crippen LogP contribution < -0.4 is 0 Å². The lowest BCUT2D eigenvalue weighted by Crippen LogP contribution is -2.47. The highest BCUT2D eigenvalue weighted by atomic mass is 16.3. The summed E-state index contributed by atoms with van der Waals surface area (Å²) in [5.74, 6) is -0.601. The minimum atomic E-state index is -0.864. The van der Waals surface area contributed by atoms with Crippen LogP contribution in [0.2, 0.25) is 0 Å². The Morgan fingerprint density at radius 2 is 1.71 bits per heavy atom. The number of Topliss-reactive ketones (excluding diaryl/α,β-unsaturated/α-hetero) is 2. The number of piperidine rings is 1. The van der Waals surface area contributed by atoms with Crippen molar-refractivity contribution in [2.24, 2.45) is 11.8 Å². The van der Waals surface area contributed by atoms with Crippen LogP contribution in [0.1, 0.15) is 62.6 Å². The smallest absolute Gasteiger partial charge is 0.228 e. The molecule has 1 fully saturated rings. The Kier molecular flexibility index (Phi) is 9.58. The van der Waals surface area contributed by atoms with Gasteiger partial charge in [0.05, 0.1) is 12.0 Å². The first-order valence-electron chi connectivity index (χ1n) is 12.4. The quantitative estimate of drug-likeness (QED) is 0.502. The van der Waals surface area contributed by atoms with E-state index in [1.54, 1.807) is 13.8 Å². The van der Waals surface area contributed by atoms with Gasteiger partial charge in [-0.15, -0.1) is 0 Å². The number of amides is 1. The Hall–Kier alpha value is -2.79. The van der Waals surface area contributed by atoms with Crippen molar-refractivity contribution in [1.29, 1.82) is 0 Å². The van der Waals surface area contributed by atoms with Crippen LogP contribution in [0.25, 0.3) is 0 Å². The molecule has 34 heavy (non-hydrogen) atoms. The normalized spacial score (nSPS) is 17.9. The lowest BCUT2D eigenvalue weighted by Gasteiger charge is -2.37. The number of ketones is 2. The second-order valence-corrected chi connectivity index (χ2v) is 9.73. The maximum Gasteiger partial charge on any atom is 0.228 e. The zero-order valence-corrected chi connectivity index (χ0v) is 20.4. The average molecular weight is 464 g/mol. The summed E-state index contributed by atoms with van der Waals surface area (Å²) in [4.78, 5) is 38.4. The molecule has 0 unspecified atom stereocenters. The summed E-state index contributed by atoms with van der Waals surface area (Å²) in [5, 5.41) is 11.3. The van der Waals surface area contributed by atoms with Gasteiger partial charge in [-0.2, -0.15) is 0 Å². The SMILES string of the molecule is CC(=O)CCCc1cccc(C[C@H](CC(C)=O)[C@H](O)[C@@H]2CCCN(Cc3ccccc3)C2=O)c1. The van der Waals surface area contributed by atoms with Crippen molar-refractivity contribution in [3.8, 4) is 0 Å². The second-order valence-electron chi connectivity index (χ2n) is 9.73. The van der Waals surface area contributed by atoms with Gasteiger partial charge in [0.1, 0.15) is 11.6 Å². The molecule has 1 heterocycles. The summed E-state index contributed by atoms with van der Waals surface area (Å²) in [6.07, 6.45) is 3.62. The number of aryl methyl sites for hydroxylation is 1. The van der Waals surface area contributed by atoms with Gasteiger partial charge in [0, 0.05) is 25.9 Å². The molecule has 3 rings (SSSR count). The van der Waals surface area contributed by atoms with Crippen LogP contribution in [0, 0.1) is 11.8 Å². The average Bonchev–Trinajstić information content (AvgIpc) is 2.80. The molecule has 2 aromatic carbocycles. The number of aliphatic hydroxyl groups excluding tert-OH is 1. The number of likely N-dealkylation sites (tertiary alicyclic amines) is 1. The molecule has 1 saturated heterocycles. The molecule has 0 aromatic heterocycles. The maximum atomic E-state index is 13.3. The van der Waals surface area contributed by atoms with Crippen LogP contribution >= 0.6 is 0 Å². The van der Waals surface area contributed by atoms with E-state index < -0.39 is 12.0 Å². The molecule has 5 heteroatoms. The van der Waals surface area contributed by atoms with Crippen LogP contribution in [-0.4, -0.2) is 40.1 Å². The van der Waals surface area contributed by atoms with Gasteiger partial charge in [-0.1, -0.05) is 54.6 Å². The van der Waals surface area contributed by atoms with E-state index in [4.69, 9.17) is 0 Å². The predicted octanol–water partition coefficient (Wildman–Crippen LogP) is 4.54. The molecular weight excluding hydrogens is 426 g/mol. The molecule has 5 nitrogen and oxygen atoms in total. The summed E-state index contributed by atoms with van der Waals surface area (Å²) in [6.45, 7) is 4.39. The third kappa shape index (κ3) is 7.63. The summed E-state index contributed by atoms with van der Waals surface area (Å²) in [7, 11) is 0. The summed E-state index contributed by atoms with van der Waals surface area (Å²) < 4.78 is 0. The second kappa shape index (κ2) is 12.6. The molecule has 0 aliphatic carbocycles. The first-order valence-corrected chi connectivity index (χ1v) is 12.4. The highest BCUT2D eigenvalue weighted by Gasteiger charge is 2.38. The van der Waals surface area contributed by atoms with Crippen molar-refractivity contribution in [3.05, 3.63) is 71.3 Å². The van der Waals surface area contributed by atoms with Gasteiger partial charge in [0.15, 0.2) is 0 Å². The highest BCUT2D eigenvalue weighted by molar-refractivity contribution is 5.80. The van der Waals surface area contributed by atoms with Crippen LogP contribution in [0.5, 0.6) is 0 Å². The molecule has 0 radical (unpaired) electrons. The fourth-order valence-corrected chi connectivity index (χ4v) is 5.02. The molecule has 0 bridgehead atoms. The van der Waals surface area contributed by atoms with Crippen molar-refractivity contribution in [2.75, 3.05) is 6.54 Å². The first-order chi connectivity index (χ1) is 16.3. The largest absolute Gasteiger partial charge is 0.392 e. The third-order valence-corrected chi connectivity index (χ3v) is 6.72. The van der Waals surface area contributed by atoms with E-state index in [-0.39, 0.29) is 29.8 Å². The van der Waals surface area contributed by atoms with Crippen molar-refractivity contribution in [2.45, 2.75) is 71.4 Å². The van der Waals surface area contributed by atoms with Gasteiger partial charge in [0.2, 0.25) is 5.91 Å². The molecule has 1 aliphatic heterocycles. The Labute approximate surface area is 203 Å². The number of rotatable bonds is 12. The predicted molar refractivity (Wildman–Crippen MR) is 133 cm³/mol. The van der Waals surface area contributed by atoms with Crippen molar-refractivity contribution < 1.29 is 19.5 Å². The Morgan fingerprint density at radius 1 is 1.00 bits per heavy atom. The number of carbonyl (C=O) groups excluding carboxylic acids is 3. The van der Waals surface area contributed by atoms with Gasteiger partial charge in [0.25, 0.3) is 0 Å². The van der Waals surface area contributed by atoms with E-state index in [9.17, 15) is 19.5 Å². The van der Waals surface area contributed by atoms with Gasteiger partial charge >= 0.3 is 0 Å². The Morgan fingerprint density at radius 3 is 2.41 bits per heavy atom. The minimum Gasteiger partial charge on any atom is -0.392 e. The maximum absolute atomic E-state index is 13.3. The minimum absolute atomic E-state index is 0.0193. The van der Waals surface area contributed by atoms with Gasteiger partial charge in [-0.25, -0.2) is 0 Å². The number of hydrogen-bond acceptors (Lipinski definition) is 4. The van der Waals surface area contributed by atoms with E-state index in [1.165, 1.54) is 0 Å². The molecule has 0 spiro atoms. The topological polar surface area (TPSA) is 74.7 Å². The molecule has 182 valence electrons. The number of nitrogens with zero attached hydrogens (tertiary/aromatic N) is 1. The molecule has 3 atom stereocenters. The number of carbonyl (C=O) groups is 3. The van der Waals surface area contributed by atoms with Gasteiger partial charge in [-0.05, 0) is 68.6 Å². The molecule has 1 aliphatic rings. The van der Waals surface area contributed by atoms with E-state index in [2.05, 4.69) is 6.07 Å². The molecule has 1 amide bonds. The first kappa shape index (κ1) is 25.8. The lowest BCUT2D eigenvalue weighted by molar-refractivity contribution is -0.146. The third-order valence-electron chi connectivity index (χ3n) is 6.72. The van der Waals surface area contributed by atoms with Gasteiger partial charge in [-0.3, -0.25) is 4.79 Å². The Bertz CT molecular complexity index is 971. The van der Waals surface area contributed by atoms with Crippen LogP contribution in [-0.2, 0) is 33.8 Å². The molecule has 2 aromatic rings. The fourth-order valence-electron chi connectivity index (χ4n) is 5.02. The van der Waals surface area contributed by atoms with Crippen LogP contribution in [0.15, 0.2) is 54.6 Å².